The molecule has 0 heterocycles. The summed E-state index contributed by atoms with van der Waals surface area (Å²) in [6, 6.07) is 21.9. The minimum atomic E-state index is -0.997. The molecule has 158 valence electrons. The molecule has 31 heavy (non-hydrogen) atoms. The highest BCUT2D eigenvalue weighted by atomic mass is 16.6. The fraction of sp³-hybridized carbons (Fsp3) is 0.130. The first kappa shape index (κ1) is 21.5. The van der Waals surface area contributed by atoms with Crippen molar-refractivity contribution >= 4 is 23.2 Å². The first-order chi connectivity index (χ1) is 15.0. The van der Waals surface area contributed by atoms with Crippen LogP contribution < -0.4 is 15.4 Å². The van der Waals surface area contributed by atoms with Crippen molar-refractivity contribution in [1.29, 1.82) is 0 Å². The van der Waals surface area contributed by atoms with Crippen LogP contribution in [0.5, 0.6) is 5.75 Å². The van der Waals surface area contributed by atoms with Gasteiger partial charge in [-0.3, -0.25) is 19.7 Å². The van der Waals surface area contributed by atoms with Crippen molar-refractivity contribution in [1.82, 2.24) is 5.32 Å². The molecule has 0 aromatic heterocycles. The summed E-state index contributed by atoms with van der Waals surface area (Å²) in [6.07, 6.45) is -0.997. The molecule has 8 nitrogen and oxygen atoms in total. The van der Waals surface area contributed by atoms with E-state index >= 15 is 0 Å². The van der Waals surface area contributed by atoms with Crippen molar-refractivity contribution in [2.24, 2.45) is 0 Å². The minimum Gasteiger partial charge on any atom is -0.480 e. The van der Waals surface area contributed by atoms with Crippen molar-refractivity contribution in [3.63, 3.8) is 0 Å². The molecule has 0 fully saturated rings. The van der Waals surface area contributed by atoms with E-state index in [1.54, 1.807) is 30.3 Å². The van der Waals surface area contributed by atoms with Gasteiger partial charge in [0.25, 0.3) is 17.5 Å². The highest BCUT2D eigenvalue weighted by molar-refractivity contribution is 5.98. The zero-order valence-electron chi connectivity index (χ0n) is 16.8. The Kier molecular flexibility index (Phi) is 6.95. The number of hydrogen-bond acceptors (Lipinski definition) is 5. The van der Waals surface area contributed by atoms with Crippen LogP contribution in [0.1, 0.15) is 22.8 Å². The topological polar surface area (TPSA) is 111 Å². The summed E-state index contributed by atoms with van der Waals surface area (Å²) in [6.45, 7) is 1.85. The number of anilines is 1. The van der Waals surface area contributed by atoms with Gasteiger partial charge >= 0.3 is 0 Å². The fourth-order valence-corrected chi connectivity index (χ4v) is 2.85. The molecule has 0 spiro atoms. The van der Waals surface area contributed by atoms with E-state index in [4.69, 9.17) is 4.74 Å². The van der Waals surface area contributed by atoms with Gasteiger partial charge in [-0.1, -0.05) is 54.6 Å². The van der Waals surface area contributed by atoms with E-state index in [0.717, 1.165) is 5.56 Å². The van der Waals surface area contributed by atoms with Gasteiger partial charge in [0.15, 0.2) is 6.10 Å². The van der Waals surface area contributed by atoms with Gasteiger partial charge in [-0.2, -0.15) is 0 Å². The van der Waals surface area contributed by atoms with Crippen LogP contribution in [-0.2, 0) is 11.3 Å². The average Bonchev–Trinajstić information content (AvgIpc) is 2.78. The lowest BCUT2D eigenvalue weighted by atomic mass is 10.1. The number of rotatable bonds is 8. The molecule has 2 N–H and O–H groups in total. The molecule has 0 unspecified atom stereocenters. The molecule has 3 rings (SSSR count). The third kappa shape index (κ3) is 5.66. The second-order valence-electron chi connectivity index (χ2n) is 6.69. The van der Waals surface area contributed by atoms with Crippen molar-refractivity contribution in [3.8, 4) is 5.75 Å². The van der Waals surface area contributed by atoms with Gasteiger partial charge in [-0.25, -0.2) is 0 Å². The average molecular weight is 419 g/mol. The van der Waals surface area contributed by atoms with E-state index in [-0.39, 0.29) is 28.6 Å². The van der Waals surface area contributed by atoms with Crippen LogP contribution in [0.15, 0.2) is 78.9 Å². The van der Waals surface area contributed by atoms with Gasteiger partial charge in [-0.05, 0) is 30.7 Å². The van der Waals surface area contributed by atoms with Gasteiger partial charge < -0.3 is 15.4 Å². The third-order valence-corrected chi connectivity index (χ3v) is 4.46. The van der Waals surface area contributed by atoms with Crippen LogP contribution in [0, 0.1) is 10.1 Å². The number of para-hydroxylation sites is 3. The number of nitro groups is 1. The molecule has 3 aromatic rings. The summed E-state index contributed by atoms with van der Waals surface area (Å²) in [5.41, 5.74) is 1.08. The molecule has 0 saturated heterocycles. The lowest BCUT2D eigenvalue weighted by molar-refractivity contribution is -0.383. The fourth-order valence-electron chi connectivity index (χ4n) is 2.85. The van der Waals surface area contributed by atoms with Gasteiger partial charge in [0.1, 0.15) is 11.4 Å². The van der Waals surface area contributed by atoms with Gasteiger partial charge in [0, 0.05) is 12.6 Å². The Balaban J connectivity index is 1.68. The van der Waals surface area contributed by atoms with Gasteiger partial charge in [-0.15, -0.1) is 0 Å². The highest BCUT2D eigenvalue weighted by Gasteiger charge is 2.22. The number of ether oxygens (including phenoxy) is 1. The zero-order chi connectivity index (χ0) is 22.2. The number of hydrogen-bond donors (Lipinski definition) is 2. The molecule has 0 bridgehead atoms. The van der Waals surface area contributed by atoms with E-state index in [9.17, 15) is 19.7 Å². The van der Waals surface area contributed by atoms with Crippen molar-refractivity contribution in [2.45, 2.75) is 19.6 Å². The van der Waals surface area contributed by atoms with Crippen molar-refractivity contribution in [2.75, 3.05) is 5.32 Å². The van der Waals surface area contributed by atoms with Gasteiger partial charge in [0.05, 0.1) is 10.5 Å². The van der Waals surface area contributed by atoms with Crippen LogP contribution in [0.4, 0.5) is 11.4 Å². The van der Waals surface area contributed by atoms with Crippen LogP contribution in [0.2, 0.25) is 0 Å². The molecule has 3 aromatic carbocycles. The lowest BCUT2D eigenvalue weighted by Gasteiger charge is -2.17. The van der Waals surface area contributed by atoms with E-state index in [2.05, 4.69) is 10.6 Å². The number of carbonyl (C=O) groups is 2. The SMILES string of the molecule is C[C@@H](Oc1ccccc1C(=O)NCc1ccccc1)C(=O)Nc1ccccc1[N+](=O)[O-]. The summed E-state index contributed by atoms with van der Waals surface area (Å²) in [7, 11) is 0. The van der Waals surface area contributed by atoms with Crippen molar-refractivity contribution in [3.05, 3.63) is 100 Å². The quantitative estimate of drug-likeness (QED) is 0.425. The normalized spacial score (nSPS) is 11.3. The zero-order valence-corrected chi connectivity index (χ0v) is 16.8. The molecule has 8 heteroatoms. The summed E-state index contributed by atoms with van der Waals surface area (Å²) < 4.78 is 5.71. The predicted octanol–water partition coefficient (Wildman–Crippen LogP) is 3.93. The van der Waals surface area contributed by atoms with Crippen LogP contribution >= 0.6 is 0 Å². The number of carbonyl (C=O) groups excluding carboxylic acids is 2. The Hall–Kier alpha value is -4.20. The first-order valence-electron chi connectivity index (χ1n) is 9.58. The Bertz CT molecular complexity index is 1090. The van der Waals surface area contributed by atoms with E-state index < -0.39 is 16.9 Å². The second-order valence-corrected chi connectivity index (χ2v) is 6.69. The molecule has 0 aliphatic heterocycles. The summed E-state index contributed by atoms with van der Waals surface area (Å²) in [5, 5.41) is 16.5. The summed E-state index contributed by atoms with van der Waals surface area (Å²) in [5.74, 6) is -0.683. The molecular weight excluding hydrogens is 398 g/mol. The Morgan fingerprint density at radius 3 is 2.35 bits per heavy atom. The van der Waals surface area contributed by atoms with Gasteiger partial charge in [0.2, 0.25) is 0 Å². The standard InChI is InChI=1S/C23H21N3O5/c1-16(22(27)25-19-12-6-7-13-20(19)26(29)30)31-21-14-8-5-11-18(21)23(28)24-15-17-9-3-2-4-10-17/h2-14,16H,15H2,1H3,(H,24,28)(H,25,27)/t16-/m1/s1. The Labute approximate surface area is 179 Å². The maximum absolute atomic E-state index is 12.6. The largest absolute Gasteiger partial charge is 0.480 e. The molecule has 0 aliphatic carbocycles. The number of amides is 2. The molecule has 0 radical (unpaired) electrons. The first-order valence-corrected chi connectivity index (χ1v) is 9.58. The van der Waals surface area contributed by atoms with Crippen LogP contribution in [0.25, 0.3) is 0 Å². The lowest BCUT2D eigenvalue weighted by Crippen LogP contribution is -2.31. The number of nitrogens with one attached hydrogen (secondary N) is 2. The van der Waals surface area contributed by atoms with E-state index in [1.807, 2.05) is 30.3 Å². The monoisotopic (exact) mass is 419 g/mol. The van der Waals surface area contributed by atoms with E-state index in [1.165, 1.54) is 25.1 Å². The molecule has 1 atom stereocenters. The minimum absolute atomic E-state index is 0.0711. The van der Waals surface area contributed by atoms with Crippen LogP contribution in [0.3, 0.4) is 0 Å². The van der Waals surface area contributed by atoms with Crippen molar-refractivity contribution < 1.29 is 19.2 Å². The number of benzene rings is 3. The Morgan fingerprint density at radius 1 is 0.968 bits per heavy atom. The maximum atomic E-state index is 12.6. The predicted molar refractivity (Wildman–Crippen MR) is 116 cm³/mol. The number of nitro benzene ring substituents is 1. The molecular formula is C23H21N3O5. The molecule has 0 aliphatic rings. The number of nitrogens with zero attached hydrogens (tertiary/aromatic N) is 1. The van der Waals surface area contributed by atoms with Crippen LogP contribution in [-0.4, -0.2) is 22.8 Å². The molecule has 0 saturated carbocycles. The smallest absolute Gasteiger partial charge is 0.292 e. The van der Waals surface area contributed by atoms with E-state index in [0.29, 0.717) is 6.54 Å². The molecule has 2 amide bonds. The summed E-state index contributed by atoms with van der Waals surface area (Å²) in [4.78, 5) is 35.7. The Morgan fingerprint density at radius 2 is 1.61 bits per heavy atom. The second kappa shape index (κ2) is 10.0. The third-order valence-electron chi connectivity index (χ3n) is 4.46. The maximum Gasteiger partial charge on any atom is 0.292 e. The highest BCUT2D eigenvalue weighted by Crippen LogP contribution is 2.24. The summed E-state index contributed by atoms with van der Waals surface area (Å²) >= 11 is 0.